The molecule has 1 aliphatic heterocycles. The Morgan fingerprint density at radius 2 is 1.68 bits per heavy atom. The SMILES string of the molecule is O=CCC[C@H]1[C@H](N2CCSCC2)[C@@H](O)C[C@H]1OCc1ccc(Cc2ccccc2)cc1. The van der Waals surface area contributed by atoms with E-state index in [0.29, 0.717) is 19.4 Å². The summed E-state index contributed by atoms with van der Waals surface area (Å²) in [4.78, 5) is 13.5. The summed E-state index contributed by atoms with van der Waals surface area (Å²) in [5.74, 6) is 2.44. The molecule has 1 aliphatic carbocycles. The van der Waals surface area contributed by atoms with Gasteiger partial charge < -0.3 is 14.6 Å². The number of ether oxygens (including phenoxy) is 1. The van der Waals surface area contributed by atoms with Gasteiger partial charge in [0.15, 0.2) is 0 Å². The van der Waals surface area contributed by atoms with Gasteiger partial charge in [-0.25, -0.2) is 0 Å². The van der Waals surface area contributed by atoms with Gasteiger partial charge in [0.25, 0.3) is 0 Å². The number of aldehydes is 1. The Labute approximate surface area is 190 Å². The molecule has 1 N–H and O–H groups in total. The van der Waals surface area contributed by atoms with Gasteiger partial charge in [-0.05, 0) is 29.5 Å². The van der Waals surface area contributed by atoms with Gasteiger partial charge in [0.1, 0.15) is 6.29 Å². The third-order valence-corrected chi connectivity index (χ3v) is 7.55. The molecule has 1 saturated carbocycles. The largest absolute Gasteiger partial charge is 0.391 e. The first-order valence-electron chi connectivity index (χ1n) is 11.4. The van der Waals surface area contributed by atoms with Crippen LogP contribution in [-0.4, -0.2) is 59.1 Å². The van der Waals surface area contributed by atoms with Crippen molar-refractivity contribution < 1.29 is 14.6 Å². The van der Waals surface area contributed by atoms with Crippen molar-refractivity contribution in [3.8, 4) is 0 Å². The van der Waals surface area contributed by atoms with Gasteiger partial charge in [0.2, 0.25) is 0 Å². The van der Waals surface area contributed by atoms with E-state index in [1.807, 2.05) is 17.8 Å². The van der Waals surface area contributed by atoms with Gasteiger partial charge in [-0.2, -0.15) is 11.8 Å². The Kier molecular flexibility index (Phi) is 8.20. The van der Waals surface area contributed by atoms with Crippen LogP contribution in [0.2, 0.25) is 0 Å². The predicted molar refractivity (Wildman–Crippen MR) is 126 cm³/mol. The lowest BCUT2D eigenvalue weighted by Gasteiger charge is -2.37. The maximum absolute atomic E-state index is 11.1. The molecule has 2 aliphatic rings. The summed E-state index contributed by atoms with van der Waals surface area (Å²) in [6, 6.07) is 19.2. The molecule has 31 heavy (non-hydrogen) atoms. The van der Waals surface area contributed by atoms with E-state index in [9.17, 15) is 9.90 Å². The van der Waals surface area contributed by atoms with Crippen molar-refractivity contribution in [3.05, 3.63) is 71.3 Å². The van der Waals surface area contributed by atoms with E-state index in [0.717, 1.165) is 49.3 Å². The molecule has 5 heteroatoms. The fraction of sp³-hybridized carbons (Fsp3) is 0.500. The van der Waals surface area contributed by atoms with E-state index in [4.69, 9.17) is 4.74 Å². The van der Waals surface area contributed by atoms with Crippen molar-refractivity contribution in [1.29, 1.82) is 0 Å². The lowest BCUT2D eigenvalue weighted by molar-refractivity contribution is -0.108. The maximum atomic E-state index is 11.1. The van der Waals surface area contributed by atoms with Gasteiger partial charge in [0, 0.05) is 49.4 Å². The third-order valence-electron chi connectivity index (χ3n) is 6.61. The molecular weight excluding hydrogens is 406 g/mol. The second-order valence-electron chi connectivity index (χ2n) is 8.68. The minimum absolute atomic E-state index is 0.00137. The number of aliphatic hydroxyl groups is 1. The molecule has 1 heterocycles. The normalized spacial score (nSPS) is 26.7. The summed E-state index contributed by atoms with van der Waals surface area (Å²) < 4.78 is 6.34. The molecule has 1 saturated heterocycles. The molecule has 0 amide bonds. The number of benzene rings is 2. The highest BCUT2D eigenvalue weighted by Crippen LogP contribution is 2.37. The number of aliphatic hydroxyl groups excluding tert-OH is 1. The van der Waals surface area contributed by atoms with Crippen LogP contribution in [0.15, 0.2) is 54.6 Å². The number of thioether (sulfide) groups is 1. The number of hydrogen-bond donors (Lipinski definition) is 1. The molecule has 0 bridgehead atoms. The average Bonchev–Trinajstić information content (AvgIpc) is 3.13. The highest BCUT2D eigenvalue weighted by molar-refractivity contribution is 7.99. The van der Waals surface area contributed by atoms with Crippen molar-refractivity contribution >= 4 is 18.0 Å². The van der Waals surface area contributed by atoms with Crippen LogP contribution in [0.4, 0.5) is 0 Å². The molecule has 2 fully saturated rings. The van der Waals surface area contributed by atoms with E-state index >= 15 is 0 Å². The Balaban J connectivity index is 1.36. The molecule has 0 spiro atoms. The van der Waals surface area contributed by atoms with Crippen LogP contribution in [0.25, 0.3) is 0 Å². The molecule has 4 rings (SSSR count). The van der Waals surface area contributed by atoms with Crippen LogP contribution in [0.5, 0.6) is 0 Å². The summed E-state index contributed by atoms with van der Waals surface area (Å²) >= 11 is 1.98. The zero-order valence-electron chi connectivity index (χ0n) is 18.1. The van der Waals surface area contributed by atoms with Gasteiger partial charge in [-0.1, -0.05) is 54.6 Å². The summed E-state index contributed by atoms with van der Waals surface area (Å²) in [6.45, 7) is 2.57. The first kappa shape index (κ1) is 22.5. The van der Waals surface area contributed by atoms with E-state index in [2.05, 4.69) is 53.4 Å². The van der Waals surface area contributed by atoms with Crippen LogP contribution in [0, 0.1) is 5.92 Å². The fourth-order valence-corrected chi connectivity index (χ4v) is 5.98. The van der Waals surface area contributed by atoms with E-state index < -0.39 is 0 Å². The number of carbonyl (C=O) groups is 1. The average molecular weight is 440 g/mol. The monoisotopic (exact) mass is 439 g/mol. The van der Waals surface area contributed by atoms with Crippen LogP contribution < -0.4 is 0 Å². The highest BCUT2D eigenvalue weighted by atomic mass is 32.2. The van der Waals surface area contributed by atoms with Crippen LogP contribution >= 0.6 is 11.8 Å². The third kappa shape index (κ3) is 5.98. The molecule has 0 radical (unpaired) electrons. The zero-order chi connectivity index (χ0) is 21.5. The Morgan fingerprint density at radius 1 is 1.00 bits per heavy atom. The highest BCUT2D eigenvalue weighted by Gasteiger charge is 2.45. The Hall–Kier alpha value is -1.66. The van der Waals surface area contributed by atoms with E-state index in [1.54, 1.807) is 0 Å². The Bertz CT molecular complexity index is 807. The number of hydrogen-bond acceptors (Lipinski definition) is 5. The molecule has 0 unspecified atom stereocenters. The molecule has 166 valence electrons. The van der Waals surface area contributed by atoms with Gasteiger partial charge in [0.05, 0.1) is 18.8 Å². The van der Waals surface area contributed by atoms with Crippen LogP contribution in [0.3, 0.4) is 0 Å². The fourth-order valence-electron chi connectivity index (χ4n) is 5.04. The first-order valence-corrected chi connectivity index (χ1v) is 12.6. The lowest BCUT2D eigenvalue weighted by atomic mass is 9.94. The second-order valence-corrected chi connectivity index (χ2v) is 9.90. The minimum Gasteiger partial charge on any atom is -0.391 e. The van der Waals surface area contributed by atoms with E-state index in [1.165, 1.54) is 11.1 Å². The molecule has 4 atom stereocenters. The summed E-state index contributed by atoms with van der Waals surface area (Å²) in [6.07, 6.45) is 3.53. The van der Waals surface area contributed by atoms with Crippen molar-refractivity contribution in [2.45, 2.75) is 50.5 Å². The number of rotatable bonds is 9. The predicted octanol–water partition coefficient (Wildman–Crippen LogP) is 3.94. The minimum atomic E-state index is -0.377. The first-order chi connectivity index (χ1) is 15.2. The van der Waals surface area contributed by atoms with Crippen LogP contribution in [0.1, 0.15) is 36.0 Å². The van der Waals surface area contributed by atoms with Crippen molar-refractivity contribution in [2.75, 3.05) is 24.6 Å². The molecular formula is C26H33NO3S. The van der Waals surface area contributed by atoms with Gasteiger partial charge in [-0.3, -0.25) is 4.90 Å². The van der Waals surface area contributed by atoms with Crippen LogP contribution in [-0.2, 0) is 22.6 Å². The summed E-state index contributed by atoms with van der Waals surface area (Å²) in [5, 5.41) is 10.8. The Morgan fingerprint density at radius 3 is 2.39 bits per heavy atom. The van der Waals surface area contributed by atoms with Crippen molar-refractivity contribution in [3.63, 3.8) is 0 Å². The molecule has 0 aromatic heterocycles. The zero-order valence-corrected chi connectivity index (χ0v) is 18.9. The topological polar surface area (TPSA) is 49.8 Å². The molecule has 2 aromatic rings. The number of nitrogens with zero attached hydrogens (tertiary/aromatic N) is 1. The summed E-state index contributed by atoms with van der Waals surface area (Å²) in [5.41, 5.74) is 3.75. The maximum Gasteiger partial charge on any atom is 0.120 e. The smallest absolute Gasteiger partial charge is 0.120 e. The standard InChI is InChI=1S/C26H33NO3S/c28-14-4-7-23-25(18-24(29)26(23)27-12-15-31-16-13-27)30-19-22-10-8-21(9-11-22)17-20-5-2-1-3-6-20/h1-3,5-6,8-11,14,23-26,29H,4,7,12-13,15-19H2/t23-,24+,25-,26+/m1/s1. The van der Waals surface area contributed by atoms with Gasteiger partial charge >= 0.3 is 0 Å². The lowest BCUT2D eigenvalue weighted by Crippen LogP contribution is -2.49. The number of carbonyl (C=O) groups excluding carboxylic acids is 1. The van der Waals surface area contributed by atoms with Crippen molar-refractivity contribution in [2.24, 2.45) is 5.92 Å². The molecule has 4 nitrogen and oxygen atoms in total. The van der Waals surface area contributed by atoms with E-state index in [-0.39, 0.29) is 24.2 Å². The molecule has 2 aromatic carbocycles. The quantitative estimate of drug-likeness (QED) is 0.600. The summed E-state index contributed by atoms with van der Waals surface area (Å²) in [7, 11) is 0. The van der Waals surface area contributed by atoms with Crippen molar-refractivity contribution in [1.82, 2.24) is 4.90 Å². The van der Waals surface area contributed by atoms with Gasteiger partial charge in [-0.15, -0.1) is 0 Å². The second kappa shape index (κ2) is 11.3.